The van der Waals surface area contributed by atoms with Crippen molar-refractivity contribution in [3.63, 3.8) is 0 Å². The van der Waals surface area contributed by atoms with Gasteiger partial charge in [-0.25, -0.2) is 4.98 Å². The quantitative estimate of drug-likeness (QED) is 0.588. The van der Waals surface area contributed by atoms with Crippen LogP contribution in [0, 0.1) is 17.0 Å². The normalized spacial score (nSPS) is 10.5. The number of aryl methyl sites for hydroxylation is 1. The van der Waals surface area contributed by atoms with Crippen LogP contribution in [-0.4, -0.2) is 9.91 Å². The molecule has 0 N–H and O–H groups in total. The van der Waals surface area contributed by atoms with Gasteiger partial charge < -0.3 is 0 Å². The number of fused-ring (bicyclic) bond motifs is 1. The third kappa shape index (κ3) is 1.83. The van der Waals surface area contributed by atoms with E-state index in [0.29, 0.717) is 0 Å². The van der Waals surface area contributed by atoms with E-state index in [0.717, 1.165) is 20.9 Å². The number of halogens is 1. The topological polar surface area (TPSA) is 56.0 Å². The first-order valence-electron chi connectivity index (χ1n) is 4.28. The zero-order chi connectivity index (χ0) is 11.0. The lowest BCUT2D eigenvalue weighted by molar-refractivity contribution is -0.385. The Kier molecular flexibility index (Phi) is 2.40. The molecule has 5 heteroatoms. The summed E-state index contributed by atoms with van der Waals surface area (Å²) in [5.74, 6) is 0. The number of rotatable bonds is 1. The van der Waals surface area contributed by atoms with Crippen LogP contribution in [0.5, 0.6) is 0 Å². The van der Waals surface area contributed by atoms with Crippen molar-refractivity contribution in [2.75, 3.05) is 0 Å². The molecule has 0 unspecified atom stereocenters. The Morgan fingerprint density at radius 3 is 2.80 bits per heavy atom. The van der Waals surface area contributed by atoms with E-state index in [1.807, 2.05) is 19.1 Å². The zero-order valence-electron chi connectivity index (χ0n) is 7.90. The van der Waals surface area contributed by atoms with Gasteiger partial charge in [0.25, 0.3) is 5.69 Å². The number of pyridine rings is 1. The number of hydrogen-bond acceptors (Lipinski definition) is 3. The number of benzene rings is 1. The van der Waals surface area contributed by atoms with Gasteiger partial charge in [0, 0.05) is 15.9 Å². The van der Waals surface area contributed by atoms with Crippen LogP contribution in [0.2, 0.25) is 0 Å². The minimum atomic E-state index is -0.442. The molecule has 1 aromatic heterocycles. The maximum absolute atomic E-state index is 10.6. The zero-order valence-corrected chi connectivity index (χ0v) is 9.48. The molecule has 0 aliphatic heterocycles. The molecule has 0 fully saturated rings. The first kappa shape index (κ1) is 10.0. The third-order valence-electron chi connectivity index (χ3n) is 2.13. The molecule has 0 bridgehead atoms. The first-order valence-corrected chi connectivity index (χ1v) is 5.07. The summed E-state index contributed by atoms with van der Waals surface area (Å²) in [5.41, 5.74) is 1.80. The highest BCUT2D eigenvalue weighted by Gasteiger charge is 2.08. The molecule has 0 saturated carbocycles. The molecular weight excluding hydrogens is 260 g/mol. The van der Waals surface area contributed by atoms with Crippen molar-refractivity contribution in [3.8, 4) is 0 Å². The van der Waals surface area contributed by atoms with Crippen LogP contribution in [0.1, 0.15) is 5.56 Å². The van der Waals surface area contributed by atoms with Crippen LogP contribution in [0.15, 0.2) is 28.9 Å². The summed E-state index contributed by atoms with van der Waals surface area (Å²) in [7, 11) is 0. The van der Waals surface area contributed by atoms with E-state index < -0.39 is 4.92 Å². The van der Waals surface area contributed by atoms with Crippen LogP contribution in [0.4, 0.5) is 5.69 Å². The third-order valence-corrected chi connectivity index (χ3v) is 2.59. The Balaban J connectivity index is 2.76. The van der Waals surface area contributed by atoms with Gasteiger partial charge in [-0.1, -0.05) is 15.9 Å². The average molecular weight is 267 g/mol. The van der Waals surface area contributed by atoms with Gasteiger partial charge in [-0.3, -0.25) is 10.1 Å². The summed E-state index contributed by atoms with van der Waals surface area (Å²) in [6.45, 7) is 1.92. The fourth-order valence-corrected chi connectivity index (χ4v) is 2.06. The molecule has 1 aromatic carbocycles. The van der Waals surface area contributed by atoms with Crippen LogP contribution in [-0.2, 0) is 0 Å². The minimum Gasteiger partial charge on any atom is -0.258 e. The predicted octanol–water partition coefficient (Wildman–Crippen LogP) is 3.21. The lowest BCUT2D eigenvalue weighted by atomic mass is 10.1. The second-order valence-electron chi connectivity index (χ2n) is 3.25. The van der Waals surface area contributed by atoms with Crippen molar-refractivity contribution < 1.29 is 4.92 Å². The van der Waals surface area contributed by atoms with Gasteiger partial charge in [-0.05, 0) is 24.6 Å². The molecule has 0 amide bonds. The lowest BCUT2D eigenvalue weighted by Gasteiger charge is -2.01. The SMILES string of the molecule is Cc1cc(Br)cc2cc([N+](=O)[O-])cnc12. The molecule has 2 rings (SSSR count). The molecule has 0 aliphatic carbocycles. The van der Waals surface area contributed by atoms with E-state index in [1.165, 1.54) is 12.3 Å². The van der Waals surface area contributed by atoms with Crippen molar-refractivity contribution in [2.45, 2.75) is 6.92 Å². The van der Waals surface area contributed by atoms with Crippen LogP contribution in [0.3, 0.4) is 0 Å². The van der Waals surface area contributed by atoms with E-state index in [1.54, 1.807) is 0 Å². The maximum Gasteiger partial charge on any atom is 0.288 e. The van der Waals surface area contributed by atoms with E-state index >= 15 is 0 Å². The lowest BCUT2D eigenvalue weighted by Crippen LogP contribution is -1.90. The largest absolute Gasteiger partial charge is 0.288 e. The fraction of sp³-hybridized carbons (Fsp3) is 0.100. The highest BCUT2D eigenvalue weighted by Crippen LogP contribution is 2.24. The van der Waals surface area contributed by atoms with Gasteiger partial charge in [-0.2, -0.15) is 0 Å². The molecule has 0 atom stereocenters. The number of hydrogen-bond donors (Lipinski definition) is 0. The molecule has 4 nitrogen and oxygen atoms in total. The van der Waals surface area contributed by atoms with Gasteiger partial charge in [0.1, 0.15) is 6.20 Å². The molecule has 15 heavy (non-hydrogen) atoms. The standard InChI is InChI=1S/C10H7BrN2O2/c1-6-2-8(11)3-7-4-9(13(14)15)5-12-10(6)7/h2-5H,1H3. The van der Waals surface area contributed by atoms with Crippen LogP contribution >= 0.6 is 15.9 Å². The van der Waals surface area contributed by atoms with Gasteiger partial charge in [-0.15, -0.1) is 0 Å². The second kappa shape index (κ2) is 3.58. The van der Waals surface area contributed by atoms with Crippen molar-refractivity contribution >= 4 is 32.5 Å². The second-order valence-corrected chi connectivity index (χ2v) is 4.16. The smallest absolute Gasteiger partial charge is 0.258 e. The summed E-state index contributed by atoms with van der Waals surface area (Å²) < 4.78 is 0.898. The molecule has 0 radical (unpaired) electrons. The molecule has 0 aliphatic rings. The monoisotopic (exact) mass is 266 g/mol. The molecular formula is C10H7BrN2O2. The fourth-order valence-electron chi connectivity index (χ4n) is 1.47. The van der Waals surface area contributed by atoms with E-state index in [2.05, 4.69) is 20.9 Å². The highest BCUT2D eigenvalue weighted by atomic mass is 79.9. The Labute approximate surface area is 94.2 Å². The van der Waals surface area contributed by atoms with Crippen LogP contribution < -0.4 is 0 Å². The summed E-state index contributed by atoms with van der Waals surface area (Å²) in [6.07, 6.45) is 1.28. The summed E-state index contributed by atoms with van der Waals surface area (Å²) in [5, 5.41) is 11.3. The van der Waals surface area contributed by atoms with Crippen molar-refractivity contribution in [3.05, 3.63) is 44.5 Å². The van der Waals surface area contributed by atoms with E-state index in [-0.39, 0.29) is 5.69 Å². The van der Waals surface area contributed by atoms with Crippen molar-refractivity contribution in [2.24, 2.45) is 0 Å². The van der Waals surface area contributed by atoms with E-state index in [9.17, 15) is 10.1 Å². The summed E-state index contributed by atoms with van der Waals surface area (Å²) >= 11 is 3.35. The molecule has 0 saturated heterocycles. The van der Waals surface area contributed by atoms with Crippen molar-refractivity contribution in [1.29, 1.82) is 0 Å². The van der Waals surface area contributed by atoms with Gasteiger partial charge in [0.15, 0.2) is 0 Å². The first-order chi connectivity index (χ1) is 7.08. The predicted molar refractivity (Wildman–Crippen MR) is 60.8 cm³/mol. The Morgan fingerprint density at radius 2 is 2.13 bits per heavy atom. The van der Waals surface area contributed by atoms with Gasteiger partial charge in [0.05, 0.1) is 10.4 Å². The molecule has 1 heterocycles. The van der Waals surface area contributed by atoms with Gasteiger partial charge in [0.2, 0.25) is 0 Å². The highest BCUT2D eigenvalue weighted by molar-refractivity contribution is 9.10. The maximum atomic E-state index is 10.6. The summed E-state index contributed by atoms with van der Waals surface area (Å²) in [4.78, 5) is 14.2. The summed E-state index contributed by atoms with van der Waals surface area (Å²) in [6, 6.07) is 5.28. The molecule has 2 aromatic rings. The number of nitro groups is 1. The molecule has 76 valence electrons. The van der Waals surface area contributed by atoms with Crippen molar-refractivity contribution in [1.82, 2.24) is 4.98 Å². The van der Waals surface area contributed by atoms with E-state index in [4.69, 9.17) is 0 Å². The Hall–Kier alpha value is -1.49. The number of aromatic nitrogens is 1. The number of nitrogens with zero attached hydrogens (tertiary/aromatic N) is 2. The Morgan fingerprint density at radius 1 is 1.40 bits per heavy atom. The van der Waals surface area contributed by atoms with Gasteiger partial charge >= 0.3 is 0 Å². The average Bonchev–Trinajstić information content (AvgIpc) is 2.16. The van der Waals surface area contributed by atoms with Crippen LogP contribution in [0.25, 0.3) is 10.9 Å². The minimum absolute atomic E-state index is 0.0139. The Bertz CT molecular complexity index is 554. The molecule has 0 spiro atoms.